The van der Waals surface area contributed by atoms with Crippen molar-refractivity contribution in [3.05, 3.63) is 78.3 Å². The van der Waals surface area contributed by atoms with Gasteiger partial charge in [0.25, 0.3) is 17.2 Å². The van der Waals surface area contributed by atoms with Gasteiger partial charge in [0, 0.05) is 23.2 Å². The fourth-order valence-electron chi connectivity index (χ4n) is 2.91. The summed E-state index contributed by atoms with van der Waals surface area (Å²) in [7, 11) is 0. The van der Waals surface area contributed by atoms with Gasteiger partial charge < -0.3 is 9.88 Å². The molecule has 150 valence electrons. The molecule has 8 nitrogen and oxygen atoms in total. The number of nitrogens with one attached hydrogen (secondary N) is 1. The summed E-state index contributed by atoms with van der Waals surface area (Å²) >= 11 is 11.8. The minimum Gasteiger partial charge on any atom is -0.331 e. The van der Waals surface area contributed by atoms with Gasteiger partial charge in [0.2, 0.25) is 0 Å². The number of carbonyl (C=O) groups is 1. The van der Waals surface area contributed by atoms with Crippen LogP contribution in [0.25, 0.3) is 10.9 Å². The Kier molecular flexibility index (Phi) is 6.14. The second-order valence-corrected chi connectivity index (χ2v) is 7.17. The number of halogens is 2. The van der Waals surface area contributed by atoms with E-state index < -0.39 is 10.8 Å². The standard InChI is InChI=1S/C19H16Cl2N4O4/c1-2-7-24(19(27)11-3-6-14(21)16(8-11)25(28)29)10-17-22-15-9-12(20)4-5-13(15)18(26)23-17/h3-6,8-9H,2,7,10H2,1H3,(H,22,23,26). The number of rotatable bonds is 6. The van der Waals surface area contributed by atoms with Crippen molar-refractivity contribution in [2.75, 3.05) is 6.54 Å². The van der Waals surface area contributed by atoms with Gasteiger partial charge in [-0.15, -0.1) is 0 Å². The first-order valence-electron chi connectivity index (χ1n) is 8.71. The molecule has 10 heteroatoms. The molecule has 29 heavy (non-hydrogen) atoms. The molecule has 0 saturated heterocycles. The monoisotopic (exact) mass is 434 g/mol. The highest BCUT2D eigenvalue weighted by atomic mass is 35.5. The van der Waals surface area contributed by atoms with Gasteiger partial charge in [-0.05, 0) is 36.8 Å². The maximum atomic E-state index is 12.9. The molecule has 0 aliphatic carbocycles. The van der Waals surface area contributed by atoms with E-state index in [4.69, 9.17) is 23.2 Å². The van der Waals surface area contributed by atoms with Crippen molar-refractivity contribution in [1.82, 2.24) is 14.9 Å². The van der Waals surface area contributed by atoms with Gasteiger partial charge in [-0.25, -0.2) is 4.98 Å². The highest BCUT2D eigenvalue weighted by Gasteiger charge is 2.21. The second kappa shape index (κ2) is 8.59. The van der Waals surface area contributed by atoms with Crippen LogP contribution >= 0.6 is 23.2 Å². The molecule has 1 N–H and O–H groups in total. The lowest BCUT2D eigenvalue weighted by Crippen LogP contribution is -2.32. The maximum Gasteiger partial charge on any atom is 0.288 e. The molecule has 1 amide bonds. The van der Waals surface area contributed by atoms with Crippen LogP contribution in [0.3, 0.4) is 0 Å². The van der Waals surface area contributed by atoms with Crippen molar-refractivity contribution in [3.63, 3.8) is 0 Å². The van der Waals surface area contributed by atoms with Gasteiger partial charge in [0.1, 0.15) is 10.8 Å². The minimum absolute atomic E-state index is 0.0286. The molecule has 0 saturated carbocycles. The lowest BCUT2D eigenvalue weighted by atomic mass is 10.1. The van der Waals surface area contributed by atoms with E-state index in [0.29, 0.717) is 28.9 Å². The van der Waals surface area contributed by atoms with Gasteiger partial charge >= 0.3 is 0 Å². The zero-order valence-corrected chi connectivity index (χ0v) is 16.8. The molecule has 0 spiro atoms. The Morgan fingerprint density at radius 2 is 2.00 bits per heavy atom. The zero-order chi connectivity index (χ0) is 21.1. The fourth-order valence-corrected chi connectivity index (χ4v) is 3.26. The topological polar surface area (TPSA) is 109 Å². The van der Waals surface area contributed by atoms with Crippen LogP contribution in [0.5, 0.6) is 0 Å². The maximum absolute atomic E-state index is 12.9. The molecule has 0 aliphatic heterocycles. The molecule has 0 atom stereocenters. The van der Waals surface area contributed by atoms with Crippen molar-refractivity contribution < 1.29 is 9.72 Å². The number of nitro groups is 1. The Morgan fingerprint density at radius 3 is 2.69 bits per heavy atom. The number of nitrogens with zero attached hydrogens (tertiary/aromatic N) is 3. The molecular weight excluding hydrogens is 419 g/mol. The molecule has 3 rings (SSSR count). The first kappa shape index (κ1) is 20.8. The van der Waals surface area contributed by atoms with Crippen LogP contribution in [-0.2, 0) is 6.54 Å². The third-order valence-electron chi connectivity index (χ3n) is 4.23. The van der Waals surface area contributed by atoms with E-state index in [2.05, 4.69) is 9.97 Å². The van der Waals surface area contributed by atoms with Crippen molar-refractivity contribution in [2.45, 2.75) is 19.9 Å². The van der Waals surface area contributed by atoms with Crippen molar-refractivity contribution in [1.29, 1.82) is 0 Å². The molecule has 1 heterocycles. The summed E-state index contributed by atoms with van der Waals surface area (Å²) in [5, 5.41) is 11.9. The lowest BCUT2D eigenvalue weighted by Gasteiger charge is -2.21. The molecule has 0 unspecified atom stereocenters. The zero-order valence-electron chi connectivity index (χ0n) is 15.3. The molecule has 2 aromatic carbocycles. The number of amides is 1. The predicted octanol–water partition coefficient (Wildman–Crippen LogP) is 4.19. The first-order chi connectivity index (χ1) is 13.8. The smallest absolute Gasteiger partial charge is 0.288 e. The molecule has 0 fully saturated rings. The third-order valence-corrected chi connectivity index (χ3v) is 4.78. The summed E-state index contributed by atoms with van der Waals surface area (Å²) in [6.07, 6.45) is 0.644. The molecular formula is C19H16Cl2N4O4. The summed E-state index contributed by atoms with van der Waals surface area (Å²) in [5.74, 6) is -0.143. The molecule has 0 bridgehead atoms. The van der Waals surface area contributed by atoms with E-state index in [9.17, 15) is 19.7 Å². The lowest BCUT2D eigenvalue weighted by molar-refractivity contribution is -0.384. The number of fused-ring (bicyclic) bond motifs is 1. The summed E-state index contributed by atoms with van der Waals surface area (Å²) in [6, 6.07) is 8.63. The quantitative estimate of drug-likeness (QED) is 0.461. The number of aromatic nitrogens is 2. The normalized spacial score (nSPS) is 10.9. The molecule has 0 aliphatic rings. The Labute approximate surface area is 175 Å². The third kappa shape index (κ3) is 4.55. The second-order valence-electron chi connectivity index (χ2n) is 6.32. The molecule has 0 radical (unpaired) electrons. The average Bonchev–Trinajstić information content (AvgIpc) is 2.67. The SMILES string of the molecule is CCCN(Cc1nc2cc(Cl)ccc2c(=O)[nH]1)C(=O)c1ccc(Cl)c([N+](=O)[O-])c1. The number of aromatic amines is 1. The largest absolute Gasteiger partial charge is 0.331 e. The Bertz CT molecular complexity index is 1160. The number of hydrogen-bond donors (Lipinski definition) is 1. The number of nitro benzene ring substituents is 1. The van der Waals surface area contributed by atoms with Crippen LogP contribution in [0.1, 0.15) is 29.5 Å². The Morgan fingerprint density at radius 1 is 1.24 bits per heavy atom. The van der Waals surface area contributed by atoms with Crippen molar-refractivity contribution in [3.8, 4) is 0 Å². The van der Waals surface area contributed by atoms with Crippen LogP contribution in [0.15, 0.2) is 41.2 Å². The highest BCUT2D eigenvalue weighted by molar-refractivity contribution is 6.32. The van der Waals surface area contributed by atoms with E-state index in [0.717, 1.165) is 6.07 Å². The molecule has 1 aromatic heterocycles. The summed E-state index contributed by atoms with van der Waals surface area (Å²) in [5.41, 5.74) is -0.142. The van der Waals surface area contributed by atoms with Crippen LogP contribution in [0, 0.1) is 10.1 Å². The van der Waals surface area contributed by atoms with E-state index >= 15 is 0 Å². The van der Waals surface area contributed by atoms with E-state index in [-0.39, 0.29) is 34.2 Å². The van der Waals surface area contributed by atoms with Crippen molar-refractivity contribution >= 4 is 45.7 Å². The first-order valence-corrected chi connectivity index (χ1v) is 9.47. The number of carbonyl (C=O) groups excluding carboxylic acids is 1. The summed E-state index contributed by atoms with van der Waals surface area (Å²) < 4.78 is 0. The van der Waals surface area contributed by atoms with Gasteiger partial charge in [0.15, 0.2) is 0 Å². The van der Waals surface area contributed by atoms with Crippen molar-refractivity contribution in [2.24, 2.45) is 0 Å². The van der Waals surface area contributed by atoms with Crippen LogP contribution < -0.4 is 5.56 Å². The van der Waals surface area contributed by atoms with Crippen LogP contribution in [-0.4, -0.2) is 32.2 Å². The average molecular weight is 435 g/mol. The van der Waals surface area contributed by atoms with Crippen LogP contribution in [0.4, 0.5) is 5.69 Å². The number of H-pyrrole nitrogens is 1. The van der Waals surface area contributed by atoms with E-state index in [1.165, 1.54) is 17.0 Å². The van der Waals surface area contributed by atoms with Gasteiger partial charge in [-0.3, -0.25) is 19.7 Å². The Hall–Kier alpha value is -2.97. The predicted molar refractivity (Wildman–Crippen MR) is 111 cm³/mol. The van der Waals surface area contributed by atoms with E-state index in [1.807, 2.05) is 6.92 Å². The Balaban J connectivity index is 1.95. The minimum atomic E-state index is -0.643. The molecule has 3 aromatic rings. The van der Waals surface area contributed by atoms with Crippen LogP contribution in [0.2, 0.25) is 10.0 Å². The summed E-state index contributed by atoms with van der Waals surface area (Å²) in [6.45, 7) is 2.29. The fraction of sp³-hybridized carbons (Fsp3) is 0.211. The number of benzene rings is 2. The number of hydrogen-bond acceptors (Lipinski definition) is 5. The van der Waals surface area contributed by atoms with Gasteiger partial charge in [-0.2, -0.15) is 0 Å². The van der Waals surface area contributed by atoms with Gasteiger partial charge in [0.05, 0.1) is 22.4 Å². The summed E-state index contributed by atoms with van der Waals surface area (Å²) in [4.78, 5) is 44.2. The van der Waals surface area contributed by atoms with E-state index in [1.54, 1.807) is 18.2 Å². The van der Waals surface area contributed by atoms with Gasteiger partial charge in [-0.1, -0.05) is 30.1 Å². The highest BCUT2D eigenvalue weighted by Crippen LogP contribution is 2.26.